The lowest BCUT2D eigenvalue weighted by molar-refractivity contribution is -0.127. The van der Waals surface area contributed by atoms with Gasteiger partial charge in [-0.3, -0.25) is 14.4 Å². The van der Waals surface area contributed by atoms with Gasteiger partial charge in [-0.15, -0.1) is 0 Å². The number of rotatable bonds is 4. The molecule has 0 bridgehead atoms. The lowest BCUT2D eigenvalue weighted by Gasteiger charge is -2.14. The SMILES string of the molecule is CC1=C(/C=C/C(=O)Nc2cccc(B(O)O)c2)C(=O)CC(=O)N1. The van der Waals surface area contributed by atoms with Crippen LogP contribution >= 0.6 is 0 Å². The summed E-state index contributed by atoms with van der Waals surface area (Å²) in [7, 11) is -1.63. The highest BCUT2D eigenvalue weighted by molar-refractivity contribution is 6.58. The van der Waals surface area contributed by atoms with E-state index in [1.54, 1.807) is 19.1 Å². The average molecular weight is 314 g/mol. The summed E-state index contributed by atoms with van der Waals surface area (Å²) < 4.78 is 0. The molecule has 2 rings (SSSR count). The monoisotopic (exact) mass is 314 g/mol. The Kier molecular flexibility index (Phi) is 5.10. The van der Waals surface area contributed by atoms with Crippen molar-refractivity contribution >= 4 is 35.9 Å². The number of carbonyl (C=O) groups is 3. The maximum absolute atomic E-state index is 11.9. The number of hydrogen-bond donors (Lipinski definition) is 4. The van der Waals surface area contributed by atoms with Crippen molar-refractivity contribution in [2.45, 2.75) is 13.3 Å². The van der Waals surface area contributed by atoms with Crippen molar-refractivity contribution in [1.29, 1.82) is 0 Å². The van der Waals surface area contributed by atoms with Crippen LogP contribution in [-0.2, 0) is 14.4 Å². The van der Waals surface area contributed by atoms with Gasteiger partial charge in [0.15, 0.2) is 5.78 Å². The fourth-order valence-corrected chi connectivity index (χ4v) is 2.11. The van der Waals surface area contributed by atoms with E-state index in [4.69, 9.17) is 10.0 Å². The molecule has 1 aliphatic rings. The van der Waals surface area contributed by atoms with Gasteiger partial charge >= 0.3 is 7.12 Å². The second kappa shape index (κ2) is 7.04. The van der Waals surface area contributed by atoms with Crippen molar-refractivity contribution in [3.8, 4) is 0 Å². The van der Waals surface area contributed by atoms with Gasteiger partial charge in [0.1, 0.15) is 0 Å². The first-order valence-corrected chi connectivity index (χ1v) is 6.86. The minimum Gasteiger partial charge on any atom is -0.423 e. The van der Waals surface area contributed by atoms with Gasteiger partial charge in [-0.25, -0.2) is 0 Å². The standard InChI is InChI=1S/C15H15BN2O5/c1-9-12(13(19)8-15(21)17-9)5-6-14(20)18-11-4-2-3-10(7-11)16(22)23/h2-7,22-23H,8H2,1H3,(H,17,21)(H,18,20)/b6-5+. The van der Waals surface area contributed by atoms with Crippen LogP contribution in [0, 0.1) is 0 Å². The molecule has 0 aliphatic carbocycles. The molecule has 1 aromatic carbocycles. The van der Waals surface area contributed by atoms with Gasteiger partial charge in [-0.1, -0.05) is 12.1 Å². The predicted molar refractivity (Wildman–Crippen MR) is 84.5 cm³/mol. The minimum absolute atomic E-state index is 0.241. The van der Waals surface area contributed by atoms with E-state index < -0.39 is 13.0 Å². The van der Waals surface area contributed by atoms with E-state index in [-0.39, 0.29) is 29.1 Å². The highest BCUT2D eigenvalue weighted by Crippen LogP contribution is 2.13. The molecule has 23 heavy (non-hydrogen) atoms. The Morgan fingerprint density at radius 1 is 1.35 bits per heavy atom. The third-order valence-electron chi connectivity index (χ3n) is 3.21. The number of amides is 2. The van der Waals surface area contributed by atoms with Crippen molar-refractivity contribution in [2.24, 2.45) is 0 Å². The molecule has 0 spiro atoms. The van der Waals surface area contributed by atoms with Crippen LogP contribution in [0.2, 0.25) is 0 Å². The van der Waals surface area contributed by atoms with E-state index in [0.717, 1.165) is 0 Å². The van der Waals surface area contributed by atoms with E-state index in [1.807, 2.05) is 0 Å². The van der Waals surface area contributed by atoms with Crippen LogP contribution < -0.4 is 16.1 Å². The molecule has 2 amide bonds. The van der Waals surface area contributed by atoms with Crippen molar-refractivity contribution < 1.29 is 24.4 Å². The molecule has 118 valence electrons. The van der Waals surface area contributed by atoms with Gasteiger partial charge in [0.2, 0.25) is 11.8 Å². The van der Waals surface area contributed by atoms with Gasteiger partial charge in [0.05, 0.1) is 6.42 Å². The Labute approximate surface area is 132 Å². The van der Waals surface area contributed by atoms with E-state index in [9.17, 15) is 14.4 Å². The molecular weight excluding hydrogens is 299 g/mol. The summed E-state index contributed by atoms with van der Waals surface area (Å²) in [6, 6.07) is 6.09. The topological polar surface area (TPSA) is 116 Å². The molecule has 0 saturated carbocycles. The maximum atomic E-state index is 11.9. The van der Waals surface area contributed by atoms with Crippen molar-refractivity contribution in [3.63, 3.8) is 0 Å². The van der Waals surface area contributed by atoms with Crippen LogP contribution in [0.15, 0.2) is 47.7 Å². The fraction of sp³-hybridized carbons (Fsp3) is 0.133. The number of allylic oxidation sites excluding steroid dienone is 3. The molecule has 0 fully saturated rings. The second-order valence-corrected chi connectivity index (χ2v) is 5.01. The number of ketones is 1. The maximum Gasteiger partial charge on any atom is 0.488 e. The van der Waals surface area contributed by atoms with Crippen LogP contribution in [0.3, 0.4) is 0 Å². The summed E-state index contributed by atoms with van der Waals surface area (Å²) in [4.78, 5) is 34.8. The molecule has 0 aromatic heterocycles. The average Bonchev–Trinajstić information content (AvgIpc) is 2.46. The van der Waals surface area contributed by atoms with Crippen LogP contribution in [0.5, 0.6) is 0 Å². The Bertz CT molecular complexity index is 724. The highest BCUT2D eigenvalue weighted by Gasteiger charge is 2.21. The summed E-state index contributed by atoms with van der Waals surface area (Å²) >= 11 is 0. The van der Waals surface area contributed by atoms with Crippen molar-refractivity contribution in [3.05, 3.63) is 47.7 Å². The lowest BCUT2D eigenvalue weighted by Crippen LogP contribution is -2.31. The Balaban J connectivity index is 2.07. The van der Waals surface area contributed by atoms with Crippen molar-refractivity contribution in [1.82, 2.24) is 5.32 Å². The summed E-state index contributed by atoms with van der Waals surface area (Å²) in [5, 5.41) is 23.3. The summed E-state index contributed by atoms with van der Waals surface area (Å²) in [5.74, 6) is -1.20. The fourth-order valence-electron chi connectivity index (χ4n) is 2.11. The first-order chi connectivity index (χ1) is 10.9. The second-order valence-electron chi connectivity index (χ2n) is 5.01. The van der Waals surface area contributed by atoms with Crippen LogP contribution in [0.25, 0.3) is 0 Å². The zero-order chi connectivity index (χ0) is 17.0. The molecule has 1 aliphatic heterocycles. The van der Waals surface area contributed by atoms with Crippen LogP contribution in [-0.4, -0.2) is 34.8 Å². The van der Waals surface area contributed by atoms with Gasteiger partial charge < -0.3 is 20.7 Å². The first kappa shape index (κ1) is 16.7. The Morgan fingerprint density at radius 2 is 2.09 bits per heavy atom. The smallest absolute Gasteiger partial charge is 0.423 e. The zero-order valence-corrected chi connectivity index (χ0v) is 12.4. The molecule has 8 heteroatoms. The number of hydrogen-bond acceptors (Lipinski definition) is 5. The summed E-state index contributed by atoms with van der Waals surface area (Å²) in [6.45, 7) is 1.58. The molecule has 0 saturated heterocycles. The van der Waals surface area contributed by atoms with Crippen molar-refractivity contribution in [2.75, 3.05) is 5.32 Å². The molecule has 7 nitrogen and oxygen atoms in total. The first-order valence-electron chi connectivity index (χ1n) is 6.86. The largest absolute Gasteiger partial charge is 0.488 e. The Hall–Kier alpha value is -2.71. The Morgan fingerprint density at radius 3 is 2.74 bits per heavy atom. The number of benzene rings is 1. The molecular formula is C15H15BN2O5. The molecule has 1 aromatic rings. The van der Waals surface area contributed by atoms with Gasteiger partial charge in [-0.05, 0) is 30.6 Å². The van der Waals surface area contributed by atoms with Gasteiger partial charge in [0, 0.05) is 23.0 Å². The molecule has 0 atom stereocenters. The highest BCUT2D eigenvalue weighted by atomic mass is 16.4. The summed E-state index contributed by atoms with van der Waals surface area (Å²) in [5.41, 5.74) is 1.31. The third kappa shape index (κ3) is 4.38. The summed E-state index contributed by atoms with van der Waals surface area (Å²) in [6.07, 6.45) is 2.28. The number of carbonyl (C=O) groups excluding carboxylic acids is 3. The van der Waals surface area contributed by atoms with E-state index in [1.165, 1.54) is 24.3 Å². The zero-order valence-electron chi connectivity index (χ0n) is 12.4. The predicted octanol–water partition coefficient (Wildman–Crippen LogP) is -0.776. The minimum atomic E-state index is -1.63. The quantitative estimate of drug-likeness (QED) is 0.331. The molecule has 1 heterocycles. The molecule has 0 radical (unpaired) electrons. The lowest BCUT2D eigenvalue weighted by atomic mass is 9.80. The van der Waals surface area contributed by atoms with Crippen LogP contribution in [0.1, 0.15) is 13.3 Å². The van der Waals surface area contributed by atoms with E-state index in [0.29, 0.717) is 11.4 Å². The van der Waals surface area contributed by atoms with E-state index in [2.05, 4.69) is 10.6 Å². The number of Topliss-reactive ketones (excluding diaryl/α,β-unsaturated/α-hetero) is 1. The molecule has 0 unspecified atom stereocenters. The number of anilines is 1. The third-order valence-corrected chi connectivity index (χ3v) is 3.21. The molecule has 4 N–H and O–H groups in total. The van der Waals surface area contributed by atoms with Crippen LogP contribution in [0.4, 0.5) is 5.69 Å². The normalized spacial score (nSPS) is 14.9. The van der Waals surface area contributed by atoms with Gasteiger partial charge in [0.25, 0.3) is 0 Å². The number of nitrogens with one attached hydrogen (secondary N) is 2. The van der Waals surface area contributed by atoms with E-state index >= 15 is 0 Å². The van der Waals surface area contributed by atoms with Gasteiger partial charge in [-0.2, -0.15) is 0 Å².